The van der Waals surface area contributed by atoms with Gasteiger partial charge in [0.2, 0.25) is 0 Å². The Balaban J connectivity index is 1.45. The van der Waals surface area contributed by atoms with E-state index in [1.807, 2.05) is 50.4 Å². The van der Waals surface area contributed by atoms with Gasteiger partial charge in [-0.2, -0.15) is 5.10 Å². The van der Waals surface area contributed by atoms with E-state index in [9.17, 15) is 0 Å². The van der Waals surface area contributed by atoms with Crippen LogP contribution in [-0.4, -0.2) is 52.4 Å². The van der Waals surface area contributed by atoms with Gasteiger partial charge in [0, 0.05) is 48.1 Å². The van der Waals surface area contributed by atoms with Crippen LogP contribution in [0.3, 0.4) is 0 Å². The minimum absolute atomic E-state index is 0.571. The van der Waals surface area contributed by atoms with Gasteiger partial charge in [0.1, 0.15) is 12.4 Å². The highest BCUT2D eigenvalue weighted by molar-refractivity contribution is 5.68. The van der Waals surface area contributed by atoms with Gasteiger partial charge in [-0.15, -0.1) is 0 Å². The molecule has 0 unspecified atom stereocenters. The molecule has 8 nitrogen and oxygen atoms in total. The normalized spacial score (nSPS) is 13.6. The standard InChI is InChI=1S/C27H29N5O3/c1-17-13-28-18(2)25(30-17)20-11-21-15-32(9-10-35-27(21)24(12-20)34-4)16-22-14-29-31-26(22)19-5-7-23(33-3)8-6-19/h5-8,11-14H,9-10,15-16H2,1-4H3,(H,29,31). The molecule has 0 saturated heterocycles. The summed E-state index contributed by atoms with van der Waals surface area (Å²) in [5, 5.41) is 7.48. The fourth-order valence-corrected chi connectivity index (χ4v) is 4.45. The molecule has 1 N–H and O–H groups in total. The van der Waals surface area contributed by atoms with E-state index in [0.29, 0.717) is 18.9 Å². The van der Waals surface area contributed by atoms with E-state index in [4.69, 9.17) is 19.2 Å². The van der Waals surface area contributed by atoms with Gasteiger partial charge in [0.05, 0.1) is 43.2 Å². The number of aryl methyl sites for hydroxylation is 2. The minimum atomic E-state index is 0.571. The monoisotopic (exact) mass is 471 g/mol. The number of benzene rings is 2. The third-order valence-electron chi connectivity index (χ3n) is 6.24. The molecule has 0 bridgehead atoms. The van der Waals surface area contributed by atoms with E-state index in [-0.39, 0.29) is 0 Å². The Kier molecular flexibility index (Phi) is 6.37. The smallest absolute Gasteiger partial charge is 0.165 e. The van der Waals surface area contributed by atoms with Crippen molar-refractivity contribution in [3.63, 3.8) is 0 Å². The van der Waals surface area contributed by atoms with Crippen molar-refractivity contribution in [3.8, 4) is 39.8 Å². The Morgan fingerprint density at radius 3 is 2.63 bits per heavy atom. The van der Waals surface area contributed by atoms with Crippen molar-refractivity contribution in [2.24, 2.45) is 0 Å². The average Bonchev–Trinajstić information content (AvgIpc) is 3.23. The van der Waals surface area contributed by atoms with Crippen molar-refractivity contribution in [2.45, 2.75) is 26.9 Å². The fraction of sp³-hybridized carbons (Fsp3) is 0.296. The van der Waals surface area contributed by atoms with Crippen LogP contribution in [0.15, 0.2) is 48.8 Å². The van der Waals surface area contributed by atoms with E-state index in [1.165, 1.54) is 0 Å². The van der Waals surface area contributed by atoms with E-state index in [1.54, 1.807) is 20.4 Å². The van der Waals surface area contributed by atoms with Crippen LogP contribution >= 0.6 is 0 Å². The summed E-state index contributed by atoms with van der Waals surface area (Å²) in [6.07, 6.45) is 3.69. The molecule has 1 aliphatic rings. The summed E-state index contributed by atoms with van der Waals surface area (Å²) in [6, 6.07) is 12.1. The second-order valence-electron chi connectivity index (χ2n) is 8.67. The maximum absolute atomic E-state index is 6.17. The molecule has 35 heavy (non-hydrogen) atoms. The molecule has 8 heteroatoms. The lowest BCUT2D eigenvalue weighted by Gasteiger charge is -2.20. The number of nitrogens with zero attached hydrogens (tertiary/aromatic N) is 4. The highest BCUT2D eigenvalue weighted by atomic mass is 16.5. The Hall–Kier alpha value is -3.91. The van der Waals surface area contributed by atoms with Crippen LogP contribution in [0.1, 0.15) is 22.5 Å². The molecule has 5 rings (SSSR count). The summed E-state index contributed by atoms with van der Waals surface area (Å²) in [7, 11) is 3.34. The summed E-state index contributed by atoms with van der Waals surface area (Å²) in [5.41, 5.74) is 7.86. The van der Waals surface area contributed by atoms with Crippen LogP contribution in [0.4, 0.5) is 0 Å². The number of nitrogens with one attached hydrogen (secondary N) is 1. The van der Waals surface area contributed by atoms with Gasteiger partial charge in [-0.1, -0.05) is 0 Å². The summed E-state index contributed by atoms with van der Waals surface area (Å²) >= 11 is 0. The van der Waals surface area contributed by atoms with Crippen LogP contribution in [-0.2, 0) is 13.1 Å². The molecule has 2 aromatic heterocycles. The molecule has 0 spiro atoms. The van der Waals surface area contributed by atoms with Gasteiger partial charge in [-0.3, -0.25) is 15.0 Å². The number of rotatable bonds is 6. The lowest BCUT2D eigenvalue weighted by molar-refractivity contribution is 0.217. The summed E-state index contributed by atoms with van der Waals surface area (Å²) < 4.78 is 17.2. The number of ether oxygens (including phenoxy) is 3. The van der Waals surface area contributed by atoms with Crippen molar-refractivity contribution in [1.29, 1.82) is 0 Å². The van der Waals surface area contributed by atoms with E-state index in [2.05, 4.69) is 26.1 Å². The van der Waals surface area contributed by atoms with Crippen LogP contribution < -0.4 is 14.2 Å². The molecule has 1 aliphatic heterocycles. The van der Waals surface area contributed by atoms with Crippen LogP contribution in [0.5, 0.6) is 17.2 Å². The molecular weight excluding hydrogens is 442 g/mol. The Bertz CT molecular complexity index is 1330. The van der Waals surface area contributed by atoms with E-state index >= 15 is 0 Å². The second-order valence-corrected chi connectivity index (χ2v) is 8.67. The number of aromatic nitrogens is 4. The van der Waals surface area contributed by atoms with E-state index in [0.717, 1.165) is 69.6 Å². The molecule has 0 saturated carbocycles. The lowest BCUT2D eigenvalue weighted by atomic mass is 10.0. The maximum atomic E-state index is 6.17. The molecule has 180 valence electrons. The minimum Gasteiger partial charge on any atom is -0.497 e. The molecule has 2 aromatic carbocycles. The quantitative estimate of drug-likeness (QED) is 0.441. The topological polar surface area (TPSA) is 85.4 Å². The SMILES string of the molecule is COc1ccc(-c2[nH]ncc2CN2CCOc3c(cc(-c4nc(C)cnc4C)cc3OC)C2)cc1. The zero-order valence-corrected chi connectivity index (χ0v) is 20.5. The van der Waals surface area contributed by atoms with Crippen LogP contribution in [0.2, 0.25) is 0 Å². The van der Waals surface area contributed by atoms with Crippen molar-refractivity contribution in [3.05, 3.63) is 71.3 Å². The van der Waals surface area contributed by atoms with Crippen LogP contribution in [0, 0.1) is 13.8 Å². The molecule has 0 fully saturated rings. The molecule has 0 radical (unpaired) electrons. The predicted molar refractivity (Wildman–Crippen MR) is 134 cm³/mol. The second kappa shape index (κ2) is 9.76. The first kappa shape index (κ1) is 22.9. The Morgan fingerprint density at radius 2 is 1.86 bits per heavy atom. The van der Waals surface area contributed by atoms with Gasteiger partial charge in [0.25, 0.3) is 0 Å². The van der Waals surface area contributed by atoms with Crippen molar-refractivity contribution in [1.82, 2.24) is 25.1 Å². The van der Waals surface area contributed by atoms with Gasteiger partial charge < -0.3 is 14.2 Å². The largest absolute Gasteiger partial charge is 0.497 e. The number of hydrogen-bond donors (Lipinski definition) is 1. The maximum Gasteiger partial charge on any atom is 0.165 e. The first-order chi connectivity index (χ1) is 17.1. The zero-order valence-electron chi connectivity index (χ0n) is 20.5. The molecule has 0 atom stereocenters. The third kappa shape index (κ3) is 4.70. The number of hydrogen-bond acceptors (Lipinski definition) is 7. The highest BCUT2D eigenvalue weighted by Crippen LogP contribution is 2.39. The zero-order chi connectivity index (χ0) is 24.4. The fourth-order valence-electron chi connectivity index (χ4n) is 4.45. The summed E-state index contributed by atoms with van der Waals surface area (Å²) in [4.78, 5) is 11.6. The lowest BCUT2D eigenvalue weighted by Crippen LogP contribution is -2.25. The predicted octanol–water partition coefficient (Wildman–Crippen LogP) is 4.56. The molecular formula is C27H29N5O3. The molecule has 0 amide bonds. The molecule has 4 aromatic rings. The number of H-pyrrole nitrogens is 1. The number of aromatic amines is 1. The summed E-state index contributed by atoms with van der Waals surface area (Å²) in [6.45, 7) is 6.72. The van der Waals surface area contributed by atoms with Gasteiger partial charge >= 0.3 is 0 Å². The Morgan fingerprint density at radius 1 is 1.03 bits per heavy atom. The highest BCUT2D eigenvalue weighted by Gasteiger charge is 2.23. The van der Waals surface area contributed by atoms with Crippen molar-refractivity contribution < 1.29 is 14.2 Å². The van der Waals surface area contributed by atoms with Crippen molar-refractivity contribution >= 4 is 0 Å². The van der Waals surface area contributed by atoms with Crippen LogP contribution in [0.25, 0.3) is 22.5 Å². The number of methoxy groups -OCH3 is 2. The van der Waals surface area contributed by atoms with Gasteiger partial charge in [0.15, 0.2) is 11.5 Å². The van der Waals surface area contributed by atoms with Gasteiger partial charge in [-0.05, 0) is 50.2 Å². The number of fused-ring (bicyclic) bond motifs is 1. The van der Waals surface area contributed by atoms with Crippen molar-refractivity contribution in [2.75, 3.05) is 27.4 Å². The first-order valence-corrected chi connectivity index (χ1v) is 11.6. The van der Waals surface area contributed by atoms with E-state index < -0.39 is 0 Å². The first-order valence-electron chi connectivity index (χ1n) is 11.6. The Labute approximate surface area is 204 Å². The van der Waals surface area contributed by atoms with Gasteiger partial charge in [-0.25, -0.2) is 4.98 Å². The molecule has 3 heterocycles. The average molecular weight is 472 g/mol. The third-order valence-corrected chi connectivity index (χ3v) is 6.24. The molecule has 0 aliphatic carbocycles. The summed E-state index contributed by atoms with van der Waals surface area (Å²) in [5.74, 6) is 2.33.